The van der Waals surface area contributed by atoms with E-state index in [1.165, 1.54) is 22.3 Å². The normalized spacial score (nSPS) is 13.5. The Morgan fingerprint density at radius 1 is 0.806 bits per heavy atom. The maximum Gasteiger partial charge on any atom is 0.160 e. The number of aromatic nitrogens is 1. The van der Waals surface area contributed by atoms with Crippen LogP contribution in [-0.4, -0.2) is 43.6 Å². The van der Waals surface area contributed by atoms with Crippen LogP contribution in [0.25, 0.3) is 0 Å². The molecule has 0 N–H and O–H groups in total. The zero-order valence-electron chi connectivity index (χ0n) is 21.9. The van der Waals surface area contributed by atoms with Crippen LogP contribution in [0.15, 0.2) is 77.1 Å². The van der Waals surface area contributed by atoms with Gasteiger partial charge in [-0.05, 0) is 91.8 Å². The number of hydrogen-bond acceptors (Lipinski definition) is 6. The number of aliphatic imine (C=N–C) groups is 1. The number of pyridine rings is 1. The van der Waals surface area contributed by atoms with Crippen molar-refractivity contribution < 1.29 is 14.2 Å². The summed E-state index contributed by atoms with van der Waals surface area (Å²) in [6, 6.07) is 18.6. The minimum absolute atomic E-state index is 0.736. The molecule has 0 bridgehead atoms. The van der Waals surface area contributed by atoms with Gasteiger partial charge in [-0.25, -0.2) is 4.99 Å². The average Bonchev–Trinajstić information content (AvgIpc) is 2.90. The summed E-state index contributed by atoms with van der Waals surface area (Å²) >= 11 is 0. The first-order valence-corrected chi connectivity index (χ1v) is 12.3. The van der Waals surface area contributed by atoms with E-state index < -0.39 is 0 Å². The molecule has 6 nitrogen and oxygen atoms in total. The van der Waals surface area contributed by atoms with Crippen LogP contribution in [0.4, 0.5) is 0 Å². The number of hydrogen-bond donors (Lipinski definition) is 0. The molecule has 0 unspecified atom stereocenters. The molecular formula is C30H35N3O3. The van der Waals surface area contributed by atoms with E-state index in [0.29, 0.717) is 0 Å². The van der Waals surface area contributed by atoms with Crippen LogP contribution in [0, 0.1) is 6.92 Å². The number of amidine groups is 1. The molecule has 1 aliphatic rings. The number of aryl methyl sites for hydroxylation is 2. The van der Waals surface area contributed by atoms with E-state index in [1.807, 2.05) is 30.5 Å². The van der Waals surface area contributed by atoms with Crippen LogP contribution in [-0.2, 0) is 19.4 Å². The number of rotatable bonds is 10. The molecule has 0 radical (unpaired) electrons. The van der Waals surface area contributed by atoms with Gasteiger partial charge in [-0.1, -0.05) is 18.2 Å². The second-order valence-corrected chi connectivity index (χ2v) is 9.10. The summed E-state index contributed by atoms with van der Waals surface area (Å²) in [7, 11) is 5.02. The highest BCUT2D eigenvalue weighted by Crippen LogP contribution is 2.31. The molecule has 188 valence electrons. The smallest absolute Gasteiger partial charge is 0.160 e. The summed E-state index contributed by atoms with van der Waals surface area (Å²) in [4.78, 5) is 12.0. The lowest BCUT2D eigenvalue weighted by atomic mass is 9.98. The lowest BCUT2D eigenvalue weighted by molar-refractivity contribution is 0.354. The molecule has 3 aromatic rings. The Bertz CT molecular complexity index is 1250. The van der Waals surface area contributed by atoms with Crippen molar-refractivity contribution in [3.8, 4) is 17.2 Å². The van der Waals surface area contributed by atoms with Gasteiger partial charge >= 0.3 is 0 Å². The Balaban J connectivity index is 1.59. The largest absolute Gasteiger partial charge is 0.497 e. The van der Waals surface area contributed by atoms with Gasteiger partial charge in [-0.3, -0.25) is 4.98 Å². The highest BCUT2D eigenvalue weighted by molar-refractivity contribution is 5.82. The molecule has 6 heteroatoms. The molecule has 0 spiro atoms. The highest BCUT2D eigenvalue weighted by Gasteiger charge is 2.21. The molecule has 1 aliphatic heterocycles. The van der Waals surface area contributed by atoms with Crippen molar-refractivity contribution in [1.82, 2.24) is 9.88 Å². The number of allylic oxidation sites excluding steroid dienone is 1. The van der Waals surface area contributed by atoms with Gasteiger partial charge in [0, 0.05) is 30.7 Å². The van der Waals surface area contributed by atoms with Gasteiger partial charge in [0.2, 0.25) is 0 Å². The summed E-state index contributed by atoms with van der Waals surface area (Å²) in [6.07, 6.45) is 4.40. The van der Waals surface area contributed by atoms with E-state index in [0.717, 1.165) is 66.8 Å². The third-order valence-corrected chi connectivity index (χ3v) is 6.53. The van der Waals surface area contributed by atoms with Crippen LogP contribution in [0.1, 0.15) is 35.7 Å². The van der Waals surface area contributed by atoms with Crippen molar-refractivity contribution in [2.75, 3.05) is 27.9 Å². The fourth-order valence-corrected chi connectivity index (χ4v) is 4.51. The molecule has 0 saturated carbocycles. The number of ether oxygens (including phenoxy) is 3. The monoisotopic (exact) mass is 485 g/mol. The Hall–Kier alpha value is -3.80. The van der Waals surface area contributed by atoms with E-state index in [4.69, 9.17) is 19.2 Å². The third-order valence-electron chi connectivity index (χ3n) is 6.53. The molecule has 0 amide bonds. The Morgan fingerprint density at radius 2 is 1.56 bits per heavy atom. The molecule has 4 rings (SSSR count). The van der Waals surface area contributed by atoms with E-state index in [9.17, 15) is 0 Å². The minimum atomic E-state index is 0.736. The highest BCUT2D eigenvalue weighted by atomic mass is 16.5. The summed E-state index contributed by atoms with van der Waals surface area (Å²) in [5.74, 6) is 3.38. The summed E-state index contributed by atoms with van der Waals surface area (Å²) in [5.41, 5.74) is 7.19. The maximum absolute atomic E-state index is 5.55. The van der Waals surface area contributed by atoms with Gasteiger partial charge in [-0.15, -0.1) is 0 Å². The maximum atomic E-state index is 5.55. The fraction of sp³-hybridized carbons (Fsp3) is 0.333. The quantitative estimate of drug-likeness (QED) is 0.364. The van der Waals surface area contributed by atoms with Crippen molar-refractivity contribution >= 4 is 5.84 Å². The lowest BCUT2D eigenvalue weighted by Crippen LogP contribution is -2.34. The van der Waals surface area contributed by atoms with Gasteiger partial charge in [0.1, 0.15) is 11.6 Å². The van der Waals surface area contributed by atoms with Crippen molar-refractivity contribution in [2.45, 2.75) is 39.7 Å². The van der Waals surface area contributed by atoms with Crippen LogP contribution in [0.3, 0.4) is 0 Å². The molecule has 0 fully saturated rings. The second kappa shape index (κ2) is 11.8. The Morgan fingerprint density at radius 3 is 2.25 bits per heavy atom. The number of benzene rings is 2. The third kappa shape index (κ3) is 6.25. The first-order valence-electron chi connectivity index (χ1n) is 12.3. The van der Waals surface area contributed by atoms with Crippen molar-refractivity contribution in [1.29, 1.82) is 0 Å². The Labute approximate surface area is 214 Å². The molecule has 0 saturated heterocycles. The fourth-order valence-electron chi connectivity index (χ4n) is 4.51. The van der Waals surface area contributed by atoms with E-state index in [1.54, 1.807) is 21.3 Å². The average molecular weight is 486 g/mol. The zero-order valence-corrected chi connectivity index (χ0v) is 21.9. The minimum Gasteiger partial charge on any atom is -0.497 e. The molecular weight excluding hydrogens is 450 g/mol. The number of nitrogens with zero attached hydrogens (tertiary/aromatic N) is 3. The second-order valence-electron chi connectivity index (χ2n) is 9.10. The van der Waals surface area contributed by atoms with E-state index in [-0.39, 0.29) is 0 Å². The van der Waals surface area contributed by atoms with Crippen molar-refractivity contribution in [3.63, 3.8) is 0 Å². The standard InChI is InChI=1S/C30H35N3O3/c1-21-14-15-31-26(16-21)9-12-28-25(17-24-8-13-29(35-4)30(18-24)36-5)20-33(22(2)32-28)19-23-6-10-27(34-3)11-7-23/h6-8,10-11,13-16,18H,9,12,17,19-20H2,1-5H3. The van der Waals surface area contributed by atoms with E-state index >= 15 is 0 Å². The number of methoxy groups -OCH3 is 3. The van der Waals surface area contributed by atoms with Gasteiger partial charge in [0.05, 0.1) is 21.3 Å². The van der Waals surface area contributed by atoms with Crippen LogP contribution in [0.2, 0.25) is 0 Å². The van der Waals surface area contributed by atoms with Crippen molar-refractivity contribution in [2.24, 2.45) is 4.99 Å². The van der Waals surface area contributed by atoms with Gasteiger partial charge in [-0.2, -0.15) is 0 Å². The predicted octanol–water partition coefficient (Wildman–Crippen LogP) is 5.78. The van der Waals surface area contributed by atoms with Gasteiger partial charge < -0.3 is 19.1 Å². The molecule has 0 aliphatic carbocycles. The molecule has 36 heavy (non-hydrogen) atoms. The first-order chi connectivity index (χ1) is 17.5. The zero-order chi connectivity index (χ0) is 25.5. The van der Waals surface area contributed by atoms with Crippen LogP contribution in [0.5, 0.6) is 17.2 Å². The van der Waals surface area contributed by atoms with Gasteiger partial charge in [0.25, 0.3) is 0 Å². The Kier molecular flexibility index (Phi) is 8.26. The molecule has 2 heterocycles. The van der Waals surface area contributed by atoms with Crippen LogP contribution >= 0.6 is 0 Å². The predicted molar refractivity (Wildman–Crippen MR) is 144 cm³/mol. The van der Waals surface area contributed by atoms with E-state index in [2.05, 4.69) is 54.1 Å². The topological polar surface area (TPSA) is 56.2 Å². The molecule has 0 atom stereocenters. The molecule has 2 aromatic carbocycles. The summed E-state index contributed by atoms with van der Waals surface area (Å²) in [5, 5.41) is 0. The summed E-state index contributed by atoms with van der Waals surface area (Å²) in [6.45, 7) is 5.82. The van der Waals surface area contributed by atoms with Gasteiger partial charge in [0.15, 0.2) is 11.5 Å². The lowest BCUT2D eigenvalue weighted by Gasteiger charge is -2.31. The SMILES string of the molecule is COc1ccc(CN2CC(Cc3ccc(OC)c(OC)c3)=C(CCc3cc(C)ccn3)N=C2C)cc1. The van der Waals surface area contributed by atoms with Crippen LogP contribution < -0.4 is 14.2 Å². The first kappa shape index (κ1) is 25.3. The summed E-state index contributed by atoms with van der Waals surface area (Å²) < 4.78 is 16.3. The van der Waals surface area contributed by atoms with Crippen molar-refractivity contribution in [3.05, 3.63) is 94.4 Å². The molecule has 1 aromatic heterocycles.